The number of benzene rings is 3. The number of carbonyl (C=O) groups is 2. The summed E-state index contributed by atoms with van der Waals surface area (Å²) < 4.78 is 0. The van der Waals surface area contributed by atoms with Crippen molar-refractivity contribution >= 4 is 40.7 Å². The highest BCUT2D eigenvalue weighted by molar-refractivity contribution is 6.42. The van der Waals surface area contributed by atoms with Crippen LogP contribution in [-0.2, 0) is 10.4 Å². The topological polar surface area (TPSA) is 72.9 Å². The number of anilines is 1. The molecule has 6 nitrogen and oxygen atoms in total. The monoisotopic (exact) mass is 567 g/mol. The molecule has 2 amide bonds. The van der Waals surface area contributed by atoms with Crippen molar-refractivity contribution in [2.24, 2.45) is 0 Å². The smallest absolute Gasteiger partial charge is 0.253 e. The van der Waals surface area contributed by atoms with Crippen molar-refractivity contribution < 1.29 is 14.7 Å². The molecule has 1 aliphatic rings. The molecule has 1 saturated heterocycles. The molecule has 4 rings (SSSR count). The predicted molar refractivity (Wildman–Crippen MR) is 158 cm³/mol. The molecule has 206 valence electrons. The van der Waals surface area contributed by atoms with E-state index in [9.17, 15) is 14.7 Å². The second-order valence-electron chi connectivity index (χ2n) is 10.3. The maximum Gasteiger partial charge on any atom is 0.253 e. The molecule has 1 aliphatic heterocycles. The third-order valence-electron chi connectivity index (χ3n) is 7.50. The predicted octanol–water partition coefficient (Wildman–Crippen LogP) is 6.18. The molecule has 0 unspecified atom stereocenters. The number of likely N-dealkylation sites (N-methyl/N-ethyl adjacent to an activating group) is 1. The number of amides is 2. The highest BCUT2D eigenvalue weighted by atomic mass is 35.5. The molecule has 0 spiro atoms. The molecule has 0 saturated carbocycles. The number of hydrogen-bond donors (Lipinski definition) is 2. The maximum atomic E-state index is 13.2. The second kappa shape index (κ2) is 13.0. The first-order valence-electron chi connectivity index (χ1n) is 13.2. The summed E-state index contributed by atoms with van der Waals surface area (Å²) in [5.74, 6) is -0.211. The van der Waals surface area contributed by atoms with Gasteiger partial charge in [-0.05, 0) is 73.3 Å². The lowest BCUT2D eigenvalue weighted by Gasteiger charge is -2.39. The van der Waals surface area contributed by atoms with Gasteiger partial charge in [0.1, 0.15) is 0 Å². The Hall–Kier alpha value is -2.90. The largest absolute Gasteiger partial charge is 0.385 e. The van der Waals surface area contributed by atoms with Gasteiger partial charge in [0.25, 0.3) is 5.91 Å². The fourth-order valence-electron chi connectivity index (χ4n) is 5.18. The van der Waals surface area contributed by atoms with Gasteiger partial charge in [-0.3, -0.25) is 9.59 Å². The van der Waals surface area contributed by atoms with Crippen LogP contribution in [0.4, 0.5) is 5.69 Å². The first-order valence-corrected chi connectivity index (χ1v) is 14.0. The number of halogens is 2. The lowest BCUT2D eigenvalue weighted by Crippen LogP contribution is -2.43. The van der Waals surface area contributed by atoms with E-state index in [-0.39, 0.29) is 17.7 Å². The molecular formula is C31H35Cl2N3O3. The van der Waals surface area contributed by atoms with Gasteiger partial charge >= 0.3 is 0 Å². The van der Waals surface area contributed by atoms with E-state index in [4.69, 9.17) is 23.2 Å². The first kappa shape index (κ1) is 29.1. The molecule has 2 N–H and O–H groups in total. The number of carbonyl (C=O) groups excluding carboxylic acids is 2. The van der Waals surface area contributed by atoms with Gasteiger partial charge in [0, 0.05) is 50.8 Å². The third-order valence-corrected chi connectivity index (χ3v) is 8.24. The number of rotatable bonds is 9. The quantitative estimate of drug-likeness (QED) is 0.323. The van der Waals surface area contributed by atoms with E-state index in [1.807, 2.05) is 42.5 Å². The van der Waals surface area contributed by atoms with Crippen molar-refractivity contribution in [2.45, 2.75) is 37.7 Å². The Kier molecular flexibility index (Phi) is 9.67. The highest BCUT2D eigenvalue weighted by Crippen LogP contribution is 2.34. The summed E-state index contributed by atoms with van der Waals surface area (Å²) in [6.07, 6.45) is 2.18. The molecule has 0 radical (unpaired) electrons. The lowest BCUT2D eigenvalue weighted by molar-refractivity contribution is -0.114. The van der Waals surface area contributed by atoms with E-state index in [2.05, 4.69) is 10.2 Å². The second-order valence-corrected chi connectivity index (χ2v) is 11.2. The van der Waals surface area contributed by atoms with E-state index in [0.717, 1.165) is 37.2 Å². The van der Waals surface area contributed by atoms with Crippen LogP contribution < -0.4 is 5.32 Å². The van der Waals surface area contributed by atoms with Crippen LogP contribution in [0.25, 0.3) is 0 Å². The zero-order valence-electron chi connectivity index (χ0n) is 22.4. The van der Waals surface area contributed by atoms with Gasteiger partial charge in [-0.25, -0.2) is 0 Å². The molecule has 0 aliphatic carbocycles. The summed E-state index contributed by atoms with van der Waals surface area (Å²) in [5, 5.41) is 14.9. The third kappa shape index (κ3) is 7.61. The van der Waals surface area contributed by atoms with Crippen molar-refractivity contribution in [3.8, 4) is 0 Å². The van der Waals surface area contributed by atoms with Crippen LogP contribution in [0.5, 0.6) is 0 Å². The summed E-state index contributed by atoms with van der Waals surface area (Å²) in [7, 11) is 1.80. The summed E-state index contributed by atoms with van der Waals surface area (Å²) in [5.41, 5.74) is 2.42. The molecule has 1 fully saturated rings. The van der Waals surface area contributed by atoms with Gasteiger partial charge in [-0.15, -0.1) is 0 Å². The molecule has 1 atom stereocenters. The fourth-order valence-corrected chi connectivity index (χ4v) is 5.49. The van der Waals surface area contributed by atoms with Crippen LogP contribution in [0.3, 0.4) is 0 Å². The van der Waals surface area contributed by atoms with Crippen LogP contribution in [-0.4, -0.2) is 59.9 Å². The van der Waals surface area contributed by atoms with Crippen LogP contribution in [0.15, 0.2) is 72.8 Å². The molecule has 1 heterocycles. The SMILES string of the molecule is CC(=O)Nc1ccc(C(=O)N(C)C[C@H](CCN2CCC(O)(c3ccccc3)CC2)c2ccc(Cl)c(Cl)c2)cc1. The maximum absolute atomic E-state index is 13.2. The highest BCUT2D eigenvalue weighted by Gasteiger charge is 2.34. The van der Waals surface area contributed by atoms with E-state index < -0.39 is 5.60 Å². The number of aliphatic hydroxyl groups is 1. The standard InChI is InChI=1S/C31H35Cl2N3O3/c1-22(37)34-27-11-8-23(9-12-27)30(38)35(2)21-25(24-10-13-28(32)29(33)20-24)14-17-36-18-15-31(39,16-19-36)26-6-4-3-5-7-26/h3-13,20,25,39H,14-19,21H2,1-2H3,(H,34,37)/t25-/m0/s1. The Bertz CT molecular complexity index is 1280. The number of hydrogen-bond acceptors (Lipinski definition) is 4. The zero-order valence-corrected chi connectivity index (χ0v) is 23.9. The molecule has 39 heavy (non-hydrogen) atoms. The summed E-state index contributed by atoms with van der Waals surface area (Å²) >= 11 is 12.5. The summed E-state index contributed by atoms with van der Waals surface area (Å²) in [4.78, 5) is 28.6. The summed E-state index contributed by atoms with van der Waals surface area (Å²) in [6.45, 7) is 4.39. The first-order chi connectivity index (χ1) is 18.6. The van der Waals surface area contributed by atoms with Crippen LogP contribution >= 0.6 is 23.2 Å². The number of piperidine rings is 1. The van der Waals surface area contributed by atoms with Gasteiger partial charge in [-0.2, -0.15) is 0 Å². The molecule has 8 heteroatoms. The van der Waals surface area contributed by atoms with Crippen molar-refractivity contribution in [2.75, 3.05) is 38.5 Å². The van der Waals surface area contributed by atoms with E-state index >= 15 is 0 Å². The van der Waals surface area contributed by atoms with Crippen molar-refractivity contribution in [3.63, 3.8) is 0 Å². The van der Waals surface area contributed by atoms with Gasteiger partial charge < -0.3 is 20.2 Å². The molecule has 3 aromatic carbocycles. The minimum absolute atomic E-state index is 0.0438. The molecule has 0 aromatic heterocycles. The minimum atomic E-state index is -0.789. The van der Waals surface area contributed by atoms with Gasteiger partial charge in [-0.1, -0.05) is 59.6 Å². The Morgan fingerprint density at radius 1 is 1.00 bits per heavy atom. The van der Waals surface area contributed by atoms with E-state index in [1.165, 1.54) is 6.92 Å². The average molecular weight is 569 g/mol. The van der Waals surface area contributed by atoms with Gasteiger partial charge in [0.15, 0.2) is 0 Å². The van der Waals surface area contributed by atoms with Crippen molar-refractivity contribution in [1.29, 1.82) is 0 Å². The van der Waals surface area contributed by atoms with Gasteiger partial charge in [0.2, 0.25) is 5.91 Å². The zero-order chi connectivity index (χ0) is 28.0. The minimum Gasteiger partial charge on any atom is -0.385 e. The van der Waals surface area contributed by atoms with Crippen molar-refractivity contribution in [1.82, 2.24) is 9.80 Å². The van der Waals surface area contributed by atoms with Crippen LogP contribution in [0.2, 0.25) is 10.0 Å². The number of likely N-dealkylation sites (tertiary alicyclic amines) is 1. The Labute approximate surface area is 240 Å². The number of nitrogens with zero attached hydrogens (tertiary/aromatic N) is 2. The Morgan fingerprint density at radius 2 is 1.67 bits per heavy atom. The van der Waals surface area contributed by atoms with E-state index in [0.29, 0.717) is 40.7 Å². The Balaban J connectivity index is 1.42. The Morgan fingerprint density at radius 3 is 2.28 bits per heavy atom. The lowest BCUT2D eigenvalue weighted by atomic mass is 9.84. The fraction of sp³-hybridized carbons (Fsp3) is 0.355. The number of nitrogens with one attached hydrogen (secondary N) is 1. The van der Waals surface area contributed by atoms with Crippen molar-refractivity contribution in [3.05, 3.63) is 99.5 Å². The van der Waals surface area contributed by atoms with Crippen LogP contribution in [0, 0.1) is 0 Å². The average Bonchev–Trinajstić information content (AvgIpc) is 2.93. The molecule has 3 aromatic rings. The molecule has 0 bridgehead atoms. The molecular weight excluding hydrogens is 533 g/mol. The normalized spacial score (nSPS) is 15.9. The summed E-state index contributed by atoms with van der Waals surface area (Å²) in [6, 6.07) is 22.5. The van der Waals surface area contributed by atoms with E-state index in [1.54, 1.807) is 42.3 Å². The van der Waals surface area contributed by atoms with Gasteiger partial charge in [0.05, 0.1) is 15.6 Å². The van der Waals surface area contributed by atoms with Crippen LogP contribution in [0.1, 0.15) is 53.6 Å².